The molecule has 2 saturated heterocycles. The second-order valence-electron chi connectivity index (χ2n) is 11.7. The molecule has 1 N–H and O–H groups in total. The number of rotatable bonds is 8. The van der Waals surface area contributed by atoms with Gasteiger partial charge in [0.1, 0.15) is 5.58 Å². The van der Waals surface area contributed by atoms with Gasteiger partial charge in [0.05, 0.1) is 31.8 Å². The Morgan fingerprint density at radius 2 is 1.66 bits per heavy atom. The van der Waals surface area contributed by atoms with E-state index in [0.717, 1.165) is 79.3 Å². The van der Waals surface area contributed by atoms with Crippen LogP contribution in [0.2, 0.25) is 0 Å². The van der Waals surface area contributed by atoms with Gasteiger partial charge in [0.25, 0.3) is 0 Å². The summed E-state index contributed by atoms with van der Waals surface area (Å²) in [5, 5.41) is 3.81. The summed E-state index contributed by atoms with van der Waals surface area (Å²) in [6, 6.07) is 19.8. The molecule has 0 saturated carbocycles. The molecule has 9 heteroatoms. The van der Waals surface area contributed by atoms with Crippen molar-refractivity contribution >= 4 is 28.4 Å². The molecule has 228 valence electrons. The molecule has 4 aromatic rings. The number of para-hydroxylation sites is 1. The minimum atomic E-state index is -0.0575. The van der Waals surface area contributed by atoms with Crippen molar-refractivity contribution in [3.63, 3.8) is 0 Å². The van der Waals surface area contributed by atoms with E-state index < -0.39 is 0 Å². The van der Waals surface area contributed by atoms with E-state index in [2.05, 4.69) is 44.3 Å². The summed E-state index contributed by atoms with van der Waals surface area (Å²) in [6.07, 6.45) is 0.734. The van der Waals surface area contributed by atoms with Crippen molar-refractivity contribution in [2.75, 3.05) is 89.5 Å². The number of carbonyl (C=O) groups excluding carboxylic acids is 1. The largest absolute Gasteiger partial charge is 0.440 e. The molecule has 1 aliphatic carbocycles. The van der Waals surface area contributed by atoms with Gasteiger partial charge < -0.3 is 24.1 Å². The third-order valence-electron chi connectivity index (χ3n) is 9.04. The highest BCUT2D eigenvalue weighted by Gasteiger charge is 2.27. The van der Waals surface area contributed by atoms with Crippen LogP contribution in [-0.4, -0.2) is 95.0 Å². The van der Waals surface area contributed by atoms with Gasteiger partial charge in [-0.05, 0) is 40.8 Å². The standard InChI is InChI=1S/C35H38N4O5/c1-42-18-15-37-11-13-38(14-12-37)23-32(41)36-30-10-9-26(29-21-24-5-2-3-6-25(24)34(29)30)27-7-4-8-28-31(40)22-33(44-35(27)28)39-16-19-43-20-17-39/h2-10,22H,11-21,23H2,1H3,(H,36,41). The number of hydrogen-bond donors (Lipinski definition) is 1. The molecule has 0 atom stereocenters. The van der Waals surface area contributed by atoms with Crippen LogP contribution in [0, 0.1) is 0 Å². The molecule has 1 amide bonds. The molecule has 3 aliphatic rings. The van der Waals surface area contributed by atoms with Crippen LogP contribution in [0.4, 0.5) is 11.6 Å². The number of nitrogens with zero attached hydrogens (tertiary/aromatic N) is 3. The molecule has 3 heterocycles. The zero-order chi connectivity index (χ0) is 30.0. The van der Waals surface area contributed by atoms with Crippen LogP contribution in [0.1, 0.15) is 11.1 Å². The van der Waals surface area contributed by atoms with Crippen molar-refractivity contribution in [1.29, 1.82) is 0 Å². The monoisotopic (exact) mass is 594 g/mol. The Morgan fingerprint density at radius 1 is 0.886 bits per heavy atom. The minimum absolute atomic E-state index is 0.0130. The second-order valence-corrected chi connectivity index (χ2v) is 11.7. The van der Waals surface area contributed by atoms with Crippen molar-refractivity contribution in [2.45, 2.75) is 6.42 Å². The molecule has 0 bridgehead atoms. The molecule has 3 aromatic carbocycles. The van der Waals surface area contributed by atoms with E-state index in [4.69, 9.17) is 13.9 Å². The van der Waals surface area contributed by atoms with Crippen LogP contribution < -0.4 is 15.6 Å². The lowest BCUT2D eigenvalue weighted by molar-refractivity contribution is -0.117. The topological polar surface area (TPSA) is 87.5 Å². The number of morpholine rings is 1. The molecule has 0 spiro atoms. The second kappa shape index (κ2) is 12.5. The molecule has 44 heavy (non-hydrogen) atoms. The first-order chi connectivity index (χ1) is 21.6. The average Bonchev–Trinajstić information content (AvgIpc) is 3.45. The first-order valence-electron chi connectivity index (χ1n) is 15.5. The predicted molar refractivity (Wildman–Crippen MR) is 173 cm³/mol. The van der Waals surface area contributed by atoms with Crippen molar-refractivity contribution < 1.29 is 18.7 Å². The summed E-state index contributed by atoms with van der Waals surface area (Å²) in [5.74, 6) is 0.558. The molecule has 9 nitrogen and oxygen atoms in total. The van der Waals surface area contributed by atoms with Gasteiger partial charge in [0.2, 0.25) is 5.91 Å². The van der Waals surface area contributed by atoms with E-state index in [1.165, 1.54) is 5.56 Å². The lowest BCUT2D eigenvalue weighted by atomic mass is 9.93. The summed E-state index contributed by atoms with van der Waals surface area (Å²) >= 11 is 0. The van der Waals surface area contributed by atoms with Crippen molar-refractivity contribution in [1.82, 2.24) is 9.80 Å². The smallest absolute Gasteiger partial charge is 0.238 e. The van der Waals surface area contributed by atoms with E-state index >= 15 is 0 Å². The van der Waals surface area contributed by atoms with E-state index in [9.17, 15) is 9.59 Å². The summed E-state index contributed by atoms with van der Waals surface area (Å²) in [6.45, 7) is 8.15. The Kier molecular flexibility index (Phi) is 8.18. The van der Waals surface area contributed by atoms with Crippen molar-refractivity contribution in [3.8, 4) is 22.3 Å². The Bertz CT molecular complexity index is 1740. The Labute approximate surface area is 257 Å². The maximum atomic E-state index is 13.4. The molecule has 2 fully saturated rings. The first-order valence-corrected chi connectivity index (χ1v) is 15.5. The number of fused-ring (bicyclic) bond motifs is 4. The molecular weight excluding hydrogens is 556 g/mol. The molecule has 0 unspecified atom stereocenters. The van der Waals surface area contributed by atoms with E-state index in [-0.39, 0.29) is 11.3 Å². The summed E-state index contributed by atoms with van der Waals surface area (Å²) in [4.78, 5) is 33.3. The quantitative estimate of drug-likeness (QED) is 0.288. The van der Waals surface area contributed by atoms with Crippen LogP contribution in [0.15, 0.2) is 69.9 Å². The normalized spacial score (nSPS) is 17.1. The van der Waals surface area contributed by atoms with E-state index in [0.29, 0.717) is 49.7 Å². The molecular formula is C35H38N4O5. The van der Waals surface area contributed by atoms with Gasteiger partial charge in [-0.15, -0.1) is 0 Å². The number of nitrogens with one attached hydrogen (secondary N) is 1. The summed E-state index contributed by atoms with van der Waals surface area (Å²) < 4.78 is 17.2. The Morgan fingerprint density at radius 3 is 2.48 bits per heavy atom. The maximum absolute atomic E-state index is 13.4. The number of amides is 1. The van der Waals surface area contributed by atoms with Crippen LogP contribution in [0.3, 0.4) is 0 Å². The third-order valence-corrected chi connectivity index (χ3v) is 9.04. The van der Waals surface area contributed by atoms with Crippen LogP contribution in [-0.2, 0) is 20.7 Å². The number of carbonyl (C=O) groups is 1. The number of piperazine rings is 1. The van der Waals surface area contributed by atoms with Crippen molar-refractivity contribution in [2.24, 2.45) is 0 Å². The zero-order valence-corrected chi connectivity index (χ0v) is 25.1. The van der Waals surface area contributed by atoms with Gasteiger partial charge >= 0.3 is 0 Å². The Hall–Kier alpha value is -4.02. The third kappa shape index (κ3) is 5.64. The van der Waals surface area contributed by atoms with Gasteiger partial charge in [-0.2, -0.15) is 0 Å². The van der Waals surface area contributed by atoms with Gasteiger partial charge in [-0.3, -0.25) is 19.4 Å². The Balaban J connectivity index is 1.21. The SMILES string of the molecule is COCCN1CCN(CC(=O)Nc2ccc(-c3cccc4c(=O)cc(N5CCOCC5)oc34)c3c2-c2ccccc2C3)CC1. The van der Waals surface area contributed by atoms with E-state index in [1.807, 2.05) is 30.3 Å². The van der Waals surface area contributed by atoms with Gasteiger partial charge in [0, 0.05) is 75.8 Å². The lowest BCUT2D eigenvalue weighted by Crippen LogP contribution is -2.49. The highest BCUT2D eigenvalue weighted by atomic mass is 16.5. The van der Waals surface area contributed by atoms with Crippen molar-refractivity contribution in [3.05, 3.63) is 82.0 Å². The number of ether oxygens (including phenoxy) is 2. The fourth-order valence-electron chi connectivity index (χ4n) is 6.71. The zero-order valence-electron chi connectivity index (χ0n) is 25.1. The lowest BCUT2D eigenvalue weighted by Gasteiger charge is -2.34. The van der Waals surface area contributed by atoms with E-state index in [1.54, 1.807) is 13.2 Å². The summed E-state index contributed by atoms with van der Waals surface area (Å²) in [7, 11) is 1.73. The number of methoxy groups -OCH3 is 1. The number of hydrogen-bond acceptors (Lipinski definition) is 8. The van der Waals surface area contributed by atoms with Crippen LogP contribution in [0.25, 0.3) is 33.2 Å². The molecule has 2 aliphatic heterocycles. The highest BCUT2D eigenvalue weighted by Crippen LogP contribution is 2.47. The molecule has 0 radical (unpaired) electrons. The van der Waals surface area contributed by atoms with Crippen LogP contribution >= 0.6 is 0 Å². The van der Waals surface area contributed by atoms with Gasteiger partial charge in [0.15, 0.2) is 11.3 Å². The number of anilines is 2. The average molecular weight is 595 g/mol. The highest BCUT2D eigenvalue weighted by molar-refractivity contribution is 6.03. The fraction of sp³-hybridized carbons (Fsp3) is 0.371. The maximum Gasteiger partial charge on any atom is 0.238 e. The van der Waals surface area contributed by atoms with Gasteiger partial charge in [-0.1, -0.05) is 42.5 Å². The first kappa shape index (κ1) is 28.7. The molecule has 7 rings (SSSR count). The molecule has 1 aromatic heterocycles. The minimum Gasteiger partial charge on any atom is -0.440 e. The fourth-order valence-corrected chi connectivity index (χ4v) is 6.71. The van der Waals surface area contributed by atoms with Gasteiger partial charge in [-0.25, -0.2) is 0 Å². The summed E-state index contributed by atoms with van der Waals surface area (Å²) in [5.41, 5.74) is 7.74. The predicted octanol–water partition coefficient (Wildman–Crippen LogP) is 4.07. The van der Waals surface area contributed by atoms with Crippen LogP contribution in [0.5, 0.6) is 0 Å². The number of benzene rings is 3.